The number of anilines is 6. The predicted molar refractivity (Wildman–Crippen MR) is 286 cm³/mol. The maximum absolute atomic E-state index is 3.15. The first-order valence-corrected chi connectivity index (χ1v) is 23.1. The highest BCUT2D eigenvalue weighted by molar-refractivity contribution is 5.92. The molecule has 0 bridgehead atoms. The van der Waals surface area contributed by atoms with E-state index < -0.39 is 0 Å². The first-order chi connectivity index (χ1) is 33.7. The van der Waals surface area contributed by atoms with Gasteiger partial charge < -0.3 is 9.80 Å². The smallest absolute Gasteiger partial charge is 0.0468 e. The minimum absolute atomic E-state index is 1.07. The van der Waals surface area contributed by atoms with Crippen molar-refractivity contribution in [3.8, 4) is 66.8 Å². The maximum Gasteiger partial charge on any atom is 0.0468 e. The van der Waals surface area contributed by atoms with Gasteiger partial charge in [0.2, 0.25) is 0 Å². The fourth-order valence-corrected chi connectivity index (χ4v) is 9.31. The number of hydrogen-bond acceptors (Lipinski definition) is 2. The summed E-state index contributed by atoms with van der Waals surface area (Å²) in [5.41, 5.74) is 20.5. The molecule has 0 amide bonds. The average Bonchev–Trinajstić information content (AvgIpc) is 3.43. The topological polar surface area (TPSA) is 6.48 Å². The largest absolute Gasteiger partial charge is 0.310 e. The second kappa shape index (κ2) is 19.1. The van der Waals surface area contributed by atoms with Crippen LogP contribution in [-0.4, -0.2) is 0 Å². The lowest BCUT2D eigenvalue weighted by atomic mass is 9.93. The molecule has 0 saturated carbocycles. The maximum atomic E-state index is 3.15. The molecule has 11 rings (SSSR count). The Morgan fingerprint density at radius 2 is 0.515 bits per heavy atom. The Bertz CT molecular complexity index is 3160. The van der Waals surface area contributed by atoms with Crippen molar-refractivity contribution in [2.75, 3.05) is 9.80 Å². The zero-order valence-electron chi connectivity index (χ0n) is 37.5. The Balaban J connectivity index is 0.942. The highest BCUT2D eigenvalue weighted by atomic mass is 15.1. The van der Waals surface area contributed by atoms with Crippen molar-refractivity contribution in [3.05, 3.63) is 291 Å². The van der Waals surface area contributed by atoms with E-state index in [1.165, 1.54) is 33.4 Å². The van der Waals surface area contributed by atoms with Crippen molar-refractivity contribution in [2.45, 2.75) is 0 Å². The first kappa shape index (κ1) is 41.5. The van der Waals surface area contributed by atoms with Gasteiger partial charge in [0.1, 0.15) is 0 Å². The van der Waals surface area contributed by atoms with Crippen molar-refractivity contribution < 1.29 is 0 Å². The molecule has 0 saturated heterocycles. The summed E-state index contributed by atoms with van der Waals surface area (Å²) >= 11 is 0. The summed E-state index contributed by atoms with van der Waals surface area (Å²) in [6, 6.07) is 106. The third-order valence-corrected chi connectivity index (χ3v) is 12.6. The zero-order valence-corrected chi connectivity index (χ0v) is 37.5. The monoisotopic (exact) mass is 866 g/mol. The molecule has 2 nitrogen and oxygen atoms in total. The minimum atomic E-state index is 1.07. The third kappa shape index (κ3) is 8.57. The van der Waals surface area contributed by atoms with Crippen LogP contribution in [0.5, 0.6) is 0 Å². The summed E-state index contributed by atoms with van der Waals surface area (Å²) < 4.78 is 0. The Kier molecular flexibility index (Phi) is 11.7. The molecule has 2 heteroatoms. The molecule has 0 aliphatic carbocycles. The Morgan fingerprint density at radius 3 is 0.912 bits per heavy atom. The first-order valence-electron chi connectivity index (χ1n) is 23.1. The highest BCUT2D eigenvalue weighted by Gasteiger charge is 2.19. The highest BCUT2D eigenvalue weighted by Crippen LogP contribution is 2.44. The molecule has 0 unspecified atom stereocenters. The van der Waals surface area contributed by atoms with Gasteiger partial charge in [0.05, 0.1) is 0 Å². The molecule has 0 N–H and O–H groups in total. The Hall–Kier alpha value is -9.16. The van der Waals surface area contributed by atoms with E-state index in [0.717, 1.165) is 67.5 Å². The van der Waals surface area contributed by atoms with Crippen LogP contribution < -0.4 is 9.80 Å². The van der Waals surface area contributed by atoms with Crippen LogP contribution in [0.4, 0.5) is 34.1 Å². The second-order valence-corrected chi connectivity index (χ2v) is 16.8. The lowest BCUT2D eigenvalue weighted by Gasteiger charge is -2.27. The van der Waals surface area contributed by atoms with Crippen LogP contribution >= 0.6 is 0 Å². The molecule has 0 spiro atoms. The van der Waals surface area contributed by atoms with Crippen LogP contribution in [0.3, 0.4) is 0 Å². The zero-order chi connectivity index (χ0) is 45.5. The number of hydrogen-bond donors (Lipinski definition) is 0. The molecule has 11 aromatic rings. The van der Waals surface area contributed by atoms with Crippen molar-refractivity contribution >= 4 is 34.1 Å². The lowest BCUT2D eigenvalue weighted by molar-refractivity contribution is 1.28. The normalized spacial score (nSPS) is 10.8. The summed E-state index contributed by atoms with van der Waals surface area (Å²) in [6.45, 7) is 0. The van der Waals surface area contributed by atoms with E-state index in [0.29, 0.717) is 0 Å². The number of para-hydroxylation sites is 2. The van der Waals surface area contributed by atoms with Gasteiger partial charge in [-0.2, -0.15) is 0 Å². The Morgan fingerprint density at radius 1 is 0.206 bits per heavy atom. The van der Waals surface area contributed by atoms with Gasteiger partial charge in [0.15, 0.2) is 0 Å². The van der Waals surface area contributed by atoms with Gasteiger partial charge in [-0.1, -0.05) is 200 Å². The van der Waals surface area contributed by atoms with Gasteiger partial charge >= 0.3 is 0 Å². The molecule has 0 aliphatic heterocycles. The molecule has 0 aromatic heterocycles. The van der Waals surface area contributed by atoms with Gasteiger partial charge in [-0.15, -0.1) is 0 Å². The number of nitrogens with zero attached hydrogens (tertiary/aromatic N) is 2. The van der Waals surface area contributed by atoms with Gasteiger partial charge in [0, 0.05) is 34.1 Å². The van der Waals surface area contributed by atoms with Gasteiger partial charge in [-0.05, 0) is 158 Å². The third-order valence-electron chi connectivity index (χ3n) is 12.6. The molecule has 0 radical (unpaired) electrons. The number of benzene rings is 10. The minimum Gasteiger partial charge on any atom is -0.310 e. The van der Waals surface area contributed by atoms with E-state index in [-0.39, 0.29) is 0 Å². The molecule has 0 atom stereocenters. The Labute approximate surface area is 400 Å². The van der Waals surface area contributed by atoms with Crippen LogP contribution in [-0.2, 0) is 0 Å². The molecule has 11 aromatic carbocycles. The summed E-state index contributed by atoms with van der Waals surface area (Å²) in [7, 11) is 0. The van der Waals surface area contributed by atoms with E-state index in [4.69, 9.17) is 0 Å². The van der Waals surface area contributed by atoms with Crippen molar-refractivity contribution in [3.63, 3.8) is 0 Å². The van der Waals surface area contributed by atoms with E-state index in [9.17, 15) is 0 Å². The summed E-state index contributed by atoms with van der Waals surface area (Å²) in [4.78, 5) is 4.69. The van der Waals surface area contributed by atoms with E-state index in [2.05, 4.69) is 289 Å². The molecule has 0 aliphatic rings. The fraction of sp³-hybridized carbons (Fsp3) is 0. The van der Waals surface area contributed by atoms with Crippen molar-refractivity contribution in [1.29, 1.82) is 0 Å². The molecule has 0 fully saturated rings. The van der Waals surface area contributed by atoms with Crippen LogP contribution in [0, 0.1) is 12.1 Å². The summed E-state index contributed by atoms with van der Waals surface area (Å²) in [5.74, 6) is 0. The molecular formula is C66H46N2. The van der Waals surface area contributed by atoms with Crippen LogP contribution in [0.2, 0.25) is 0 Å². The molecule has 68 heavy (non-hydrogen) atoms. The molecular weight excluding hydrogens is 821 g/mol. The average molecular weight is 867 g/mol. The second-order valence-electron chi connectivity index (χ2n) is 16.8. The number of rotatable bonds is 12. The fourth-order valence-electron chi connectivity index (χ4n) is 9.31. The standard InChI is InChI=1S/C66H46N2/c1-7-21-49(22-8-1)63-45-43-59(47-65(63)51-25-11-3-12-26-51)67(55-29-15-5-16-30-55)57-39-35-53(36-40-57)61-33-19-20-34-62(61)54-37-41-58(42-38-54)68(56-31-17-6-18-32-56)60-44-46-64(50-23-9-2-10-24-50)66(48-60)52-27-13-4-14-28-52/h1,3-9,11-48H. The van der Waals surface area contributed by atoms with Crippen LogP contribution in [0.1, 0.15) is 0 Å². The van der Waals surface area contributed by atoms with Gasteiger partial charge in [-0.25, -0.2) is 0 Å². The quantitative estimate of drug-likeness (QED) is 0.121. The van der Waals surface area contributed by atoms with Crippen LogP contribution in [0.15, 0.2) is 279 Å². The SMILES string of the molecule is c1ccc(-c2ccc(N(c3ccccc3)c3ccc(-c4ccccc4-c4ccc(N(c5ccccc5)c5ccc(-c6ccccc6)c(-c6ccccc6)c5)cc4)cc3)cc2-c2ccccc2)cc#1. The van der Waals surface area contributed by atoms with Gasteiger partial charge in [-0.3, -0.25) is 0 Å². The summed E-state index contributed by atoms with van der Waals surface area (Å²) in [5, 5.41) is 0. The van der Waals surface area contributed by atoms with E-state index in [1.807, 2.05) is 12.1 Å². The lowest BCUT2D eigenvalue weighted by Crippen LogP contribution is -2.10. The predicted octanol–water partition coefficient (Wildman–Crippen LogP) is 18.2. The van der Waals surface area contributed by atoms with Crippen molar-refractivity contribution in [2.24, 2.45) is 0 Å². The molecule has 0 heterocycles. The summed E-state index contributed by atoms with van der Waals surface area (Å²) in [6.07, 6.45) is 0. The van der Waals surface area contributed by atoms with E-state index in [1.54, 1.807) is 0 Å². The van der Waals surface area contributed by atoms with Crippen LogP contribution in [0.25, 0.3) is 66.8 Å². The van der Waals surface area contributed by atoms with Crippen molar-refractivity contribution in [1.82, 2.24) is 0 Å². The molecule has 320 valence electrons. The van der Waals surface area contributed by atoms with E-state index >= 15 is 0 Å². The van der Waals surface area contributed by atoms with Gasteiger partial charge in [0.25, 0.3) is 0 Å².